The third-order valence-electron chi connectivity index (χ3n) is 4.26. The van der Waals surface area contributed by atoms with E-state index in [0.29, 0.717) is 0 Å². The summed E-state index contributed by atoms with van der Waals surface area (Å²) in [6.45, 7) is 3.73. The van der Waals surface area contributed by atoms with Crippen LogP contribution in [-0.4, -0.2) is 24.0 Å². The first-order valence-corrected chi connectivity index (χ1v) is 7.25. The van der Waals surface area contributed by atoms with Crippen LogP contribution in [0.5, 0.6) is 0 Å². The molecule has 0 saturated carbocycles. The Labute approximate surface area is 123 Å². The van der Waals surface area contributed by atoms with E-state index in [1.54, 1.807) is 6.20 Å². The van der Waals surface area contributed by atoms with E-state index in [-0.39, 0.29) is 11.3 Å². The van der Waals surface area contributed by atoms with Gasteiger partial charge in [-0.05, 0) is 43.7 Å². The molecular formula is C16H19N3O2. The molecule has 2 N–H and O–H groups in total. The summed E-state index contributed by atoms with van der Waals surface area (Å²) in [6, 6.07) is 7.62. The second-order valence-electron chi connectivity index (χ2n) is 5.46. The number of nitrogens with one attached hydrogen (secondary N) is 2. The SMILES string of the molecule is CCC1(C(=O)Nc2ccc(-c3cnco3)cc2)CCNC1. The smallest absolute Gasteiger partial charge is 0.231 e. The van der Waals surface area contributed by atoms with Crippen molar-refractivity contribution in [2.75, 3.05) is 18.4 Å². The molecule has 1 aromatic heterocycles. The predicted octanol–water partition coefficient (Wildman–Crippen LogP) is 2.67. The maximum Gasteiger partial charge on any atom is 0.231 e. The van der Waals surface area contributed by atoms with Gasteiger partial charge in [0.15, 0.2) is 12.2 Å². The van der Waals surface area contributed by atoms with Gasteiger partial charge >= 0.3 is 0 Å². The first kappa shape index (κ1) is 13.8. The van der Waals surface area contributed by atoms with E-state index < -0.39 is 0 Å². The lowest BCUT2D eigenvalue weighted by molar-refractivity contribution is -0.124. The molecule has 0 spiro atoms. The molecule has 1 amide bonds. The van der Waals surface area contributed by atoms with Crippen molar-refractivity contribution in [3.8, 4) is 11.3 Å². The van der Waals surface area contributed by atoms with Gasteiger partial charge in [0.2, 0.25) is 5.91 Å². The van der Waals surface area contributed by atoms with Gasteiger partial charge < -0.3 is 15.1 Å². The van der Waals surface area contributed by atoms with Gasteiger partial charge in [0.25, 0.3) is 0 Å². The molecule has 3 rings (SSSR count). The van der Waals surface area contributed by atoms with Gasteiger partial charge in [-0.15, -0.1) is 0 Å². The molecule has 0 radical (unpaired) electrons. The molecule has 1 unspecified atom stereocenters. The fourth-order valence-corrected chi connectivity index (χ4v) is 2.74. The quantitative estimate of drug-likeness (QED) is 0.906. The topological polar surface area (TPSA) is 67.2 Å². The highest BCUT2D eigenvalue weighted by molar-refractivity contribution is 5.95. The van der Waals surface area contributed by atoms with Crippen molar-refractivity contribution in [3.05, 3.63) is 36.9 Å². The number of amides is 1. The van der Waals surface area contributed by atoms with Crippen LogP contribution in [0.1, 0.15) is 19.8 Å². The van der Waals surface area contributed by atoms with E-state index in [4.69, 9.17) is 4.42 Å². The zero-order chi connectivity index (χ0) is 14.7. The Morgan fingerprint density at radius 1 is 1.43 bits per heavy atom. The summed E-state index contributed by atoms with van der Waals surface area (Å²) in [5, 5.41) is 6.30. The van der Waals surface area contributed by atoms with E-state index in [1.165, 1.54) is 6.39 Å². The lowest BCUT2D eigenvalue weighted by Crippen LogP contribution is -2.37. The van der Waals surface area contributed by atoms with Crippen LogP contribution >= 0.6 is 0 Å². The lowest BCUT2D eigenvalue weighted by atomic mass is 9.83. The molecule has 2 heterocycles. The van der Waals surface area contributed by atoms with Gasteiger partial charge in [0, 0.05) is 17.8 Å². The summed E-state index contributed by atoms with van der Waals surface area (Å²) in [4.78, 5) is 16.4. The van der Waals surface area contributed by atoms with Crippen molar-refractivity contribution in [2.45, 2.75) is 19.8 Å². The summed E-state index contributed by atoms with van der Waals surface area (Å²) < 4.78 is 5.25. The molecule has 1 aliphatic heterocycles. The number of oxazole rings is 1. The van der Waals surface area contributed by atoms with E-state index >= 15 is 0 Å². The van der Waals surface area contributed by atoms with Gasteiger partial charge in [0.05, 0.1) is 11.6 Å². The first-order chi connectivity index (χ1) is 10.2. The third-order valence-corrected chi connectivity index (χ3v) is 4.26. The van der Waals surface area contributed by atoms with Crippen LogP contribution < -0.4 is 10.6 Å². The van der Waals surface area contributed by atoms with Crippen molar-refractivity contribution in [2.24, 2.45) is 5.41 Å². The molecule has 0 aliphatic carbocycles. The molecule has 110 valence electrons. The van der Waals surface area contributed by atoms with E-state index in [9.17, 15) is 4.79 Å². The Kier molecular flexibility index (Phi) is 3.75. The molecule has 2 aromatic rings. The van der Waals surface area contributed by atoms with Gasteiger partial charge in [-0.3, -0.25) is 4.79 Å². The largest absolute Gasteiger partial charge is 0.444 e. The highest BCUT2D eigenvalue weighted by Crippen LogP contribution is 2.31. The summed E-state index contributed by atoms with van der Waals surface area (Å²) in [5.41, 5.74) is 1.48. The fraction of sp³-hybridized carbons (Fsp3) is 0.375. The number of aromatic nitrogens is 1. The van der Waals surface area contributed by atoms with Crippen molar-refractivity contribution in [1.29, 1.82) is 0 Å². The molecule has 1 aliphatic rings. The number of benzene rings is 1. The second kappa shape index (κ2) is 5.69. The Balaban J connectivity index is 1.72. The molecular weight excluding hydrogens is 266 g/mol. The summed E-state index contributed by atoms with van der Waals surface area (Å²) >= 11 is 0. The summed E-state index contributed by atoms with van der Waals surface area (Å²) in [6.07, 6.45) is 4.82. The van der Waals surface area contributed by atoms with Crippen LogP contribution in [0.3, 0.4) is 0 Å². The number of hydrogen-bond donors (Lipinski definition) is 2. The second-order valence-corrected chi connectivity index (χ2v) is 5.46. The van der Waals surface area contributed by atoms with Crippen molar-refractivity contribution < 1.29 is 9.21 Å². The third kappa shape index (κ3) is 2.69. The van der Waals surface area contributed by atoms with Crippen LogP contribution in [0.25, 0.3) is 11.3 Å². The van der Waals surface area contributed by atoms with Gasteiger partial charge in [-0.1, -0.05) is 6.92 Å². The summed E-state index contributed by atoms with van der Waals surface area (Å²) in [5.74, 6) is 0.820. The molecule has 1 atom stereocenters. The number of hydrogen-bond acceptors (Lipinski definition) is 4. The fourth-order valence-electron chi connectivity index (χ4n) is 2.74. The highest BCUT2D eigenvalue weighted by Gasteiger charge is 2.39. The minimum absolute atomic E-state index is 0.0995. The molecule has 1 fully saturated rings. The maximum absolute atomic E-state index is 12.5. The normalized spacial score (nSPS) is 21.4. The maximum atomic E-state index is 12.5. The summed E-state index contributed by atoms with van der Waals surface area (Å²) in [7, 11) is 0. The number of anilines is 1. The average molecular weight is 285 g/mol. The molecule has 5 heteroatoms. The number of rotatable bonds is 4. The first-order valence-electron chi connectivity index (χ1n) is 7.25. The van der Waals surface area contributed by atoms with Crippen LogP contribution in [0.4, 0.5) is 5.69 Å². The van der Waals surface area contributed by atoms with Gasteiger partial charge in [0.1, 0.15) is 0 Å². The zero-order valence-corrected chi connectivity index (χ0v) is 12.1. The van der Waals surface area contributed by atoms with Crippen molar-refractivity contribution in [3.63, 3.8) is 0 Å². The van der Waals surface area contributed by atoms with Gasteiger partial charge in [-0.25, -0.2) is 4.98 Å². The minimum Gasteiger partial charge on any atom is -0.444 e. The predicted molar refractivity (Wildman–Crippen MR) is 80.8 cm³/mol. The molecule has 1 aromatic carbocycles. The number of carbonyl (C=O) groups is 1. The molecule has 21 heavy (non-hydrogen) atoms. The number of carbonyl (C=O) groups excluding carboxylic acids is 1. The zero-order valence-electron chi connectivity index (χ0n) is 12.1. The van der Waals surface area contributed by atoms with E-state index in [1.807, 2.05) is 24.3 Å². The number of nitrogens with zero attached hydrogens (tertiary/aromatic N) is 1. The van der Waals surface area contributed by atoms with Crippen molar-refractivity contribution in [1.82, 2.24) is 10.3 Å². The van der Waals surface area contributed by atoms with Crippen LogP contribution in [0.2, 0.25) is 0 Å². The Bertz CT molecular complexity index is 599. The minimum atomic E-state index is -0.274. The van der Waals surface area contributed by atoms with E-state index in [0.717, 1.165) is 42.9 Å². The highest BCUT2D eigenvalue weighted by atomic mass is 16.3. The van der Waals surface area contributed by atoms with Crippen LogP contribution in [0.15, 0.2) is 41.3 Å². The van der Waals surface area contributed by atoms with E-state index in [2.05, 4.69) is 22.5 Å². The lowest BCUT2D eigenvalue weighted by Gasteiger charge is -2.25. The average Bonchev–Trinajstić information content (AvgIpc) is 3.20. The van der Waals surface area contributed by atoms with Crippen LogP contribution in [-0.2, 0) is 4.79 Å². The monoisotopic (exact) mass is 285 g/mol. The van der Waals surface area contributed by atoms with Crippen LogP contribution in [0, 0.1) is 5.41 Å². The standard InChI is InChI=1S/C16H19N3O2/c1-2-16(7-8-17-10-16)15(20)19-13-5-3-12(4-6-13)14-9-18-11-21-14/h3-6,9,11,17H,2,7-8,10H2,1H3,(H,19,20). The molecule has 0 bridgehead atoms. The molecule has 1 saturated heterocycles. The van der Waals surface area contributed by atoms with Crippen molar-refractivity contribution >= 4 is 11.6 Å². The Hall–Kier alpha value is -2.14. The Morgan fingerprint density at radius 3 is 2.81 bits per heavy atom. The van der Waals surface area contributed by atoms with Gasteiger partial charge in [-0.2, -0.15) is 0 Å². The molecule has 5 nitrogen and oxygen atoms in total. The Morgan fingerprint density at radius 2 is 2.24 bits per heavy atom.